The summed E-state index contributed by atoms with van der Waals surface area (Å²) in [5, 5.41) is 8.10. The molecular weight excluding hydrogens is 803 g/mol. The molecule has 322 valence electrons. The van der Waals surface area contributed by atoms with E-state index in [1.807, 2.05) is 18.2 Å². The molecule has 4 nitrogen and oxygen atoms in total. The van der Waals surface area contributed by atoms with Crippen LogP contribution in [-0.2, 0) is 5.41 Å². The highest BCUT2D eigenvalue weighted by atomic mass is 16.3. The summed E-state index contributed by atoms with van der Waals surface area (Å²) in [6.07, 6.45) is 23.3. The minimum atomic E-state index is -0.322. The number of hydrogen-bond donors (Lipinski definition) is 1. The summed E-state index contributed by atoms with van der Waals surface area (Å²) >= 11 is 0. The van der Waals surface area contributed by atoms with Crippen molar-refractivity contribution in [1.82, 2.24) is 9.88 Å². The summed E-state index contributed by atoms with van der Waals surface area (Å²) in [7, 11) is 0. The molecule has 2 unspecified atom stereocenters. The zero-order chi connectivity index (χ0) is 44.8. The molecule has 2 aliphatic carbocycles. The molecule has 1 aliphatic heterocycles. The Kier molecular flexibility index (Phi) is 10.6. The average Bonchev–Trinajstić information content (AvgIpc) is 3.91. The van der Waals surface area contributed by atoms with Crippen molar-refractivity contribution in [2.24, 2.45) is 10.9 Å². The van der Waals surface area contributed by atoms with Crippen molar-refractivity contribution in [3.63, 3.8) is 0 Å². The first-order chi connectivity index (χ1) is 32.3. The summed E-state index contributed by atoms with van der Waals surface area (Å²) in [6, 6.07) is 52.1. The van der Waals surface area contributed by atoms with Crippen LogP contribution in [0.15, 0.2) is 233 Å². The van der Waals surface area contributed by atoms with Gasteiger partial charge in [-0.25, -0.2) is 0 Å². The third kappa shape index (κ3) is 7.62. The van der Waals surface area contributed by atoms with Crippen molar-refractivity contribution in [2.45, 2.75) is 51.6 Å². The zero-order valence-electron chi connectivity index (χ0n) is 37.8. The van der Waals surface area contributed by atoms with Crippen LogP contribution in [0.3, 0.4) is 0 Å². The molecule has 1 N–H and O–H groups in total. The third-order valence-corrected chi connectivity index (χ3v) is 13.2. The van der Waals surface area contributed by atoms with E-state index in [0.717, 1.165) is 63.6 Å². The second-order valence-corrected chi connectivity index (χ2v) is 18.7. The number of rotatable bonds is 9. The fourth-order valence-electron chi connectivity index (χ4n) is 9.92. The Morgan fingerprint density at radius 1 is 0.727 bits per heavy atom. The predicted octanol–water partition coefficient (Wildman–Crippen LogP) is 14.6. The smallest absolute Gasteiger partial charge is 0.177 e. The van der Waals surface area contributed by atoms with E-state index in [2.05, 4.69) is 213 Å². The molecule has 11 rings (SSSR count). The lowest BCUT2D eigenvalue weighted by Gasteiger charge is -2.28. The van der Waals surface area contributed by atoms with Gasteiger partial charge in [0.15, 0.2) is 5.42 Å². The average molecular weight is 856 g/mol. The predicted molar refractivity (Wildman–Crippen MR) is 276 cm³/mol. The molecule has 8 aromatic rings. The maximum Gasteiger partial charge on any atom is 0.177 e. The summed E-state index contributed by atoms with van der Waals surface area (Å²) in [6.45, 7) is 12.0. The van der Waals surface area contributed by atoms with E-state index in [4.69, 9.17) is 16.0 Å². The lowest BCUT2D eigenvalue weighted by atomic mass is 9.83. The van der Waals surface area contributed by atoms with Gasteiger partial charge in [0.1, 0.15) is 17.1 Å². The van der Waals surface area contributed by atoms with Gasteiger partial charge in [-0.3, -0.25) is 4.99 Å². The molecule has 4 heteroatoms. The molecule has 0 bridgehead atoms. The van der Waals surface area contributed by atoms with Gasteiger partial charge in [-0.1, -0.05) is 179 Å². The molecule has 0 amide bonds. The number of nitrogens with one attached hydrogen (secondary N) is 1. The van der Waals surface area contributed by atoms with Gasteiger partial charge in [-0.2, -0.15) is 0 Å². The van der Waals surface area contributed by atoms with E-state index in [1.165, 1.54) is 55.3 Å². The highest BCUT2D eigenvalue weighted by Crippen LogP contribution is 2.45. The molecule has 0 saturated heterocycles. The molecule has 6 aromatic carbocycles. The number of benzene rings is 6. The second kappa shape index (κ2) is 17.0. The Labute approximate surface area is 387 Å². The largest absolute Gasteiger partial charge is 0.452 e. The Balaban J connectivity index is 1.22. The monoisotopic (exact) mass is 855 g/mol. The Morgan fingerprint density at radius 3 is 2.15 bits per heavy atom. The Hall–Kier alpha value is -7.69. The van der Waals surface area contributed by atoms with Crippen molar-refractivity contribution < 1.29 is 4.42 Å². The number of nitrogens with zero attached hydrogens (tertiary/aromatic N) is 2. The van der Waals surface area contributed by atoms with Gasteiger partial charge < -0.3 is 14.3 Å². The molecule has 2 atom stereocenters. The number of furan rings is 1. The topological polar surface area (TPSA) is 42.5 Å². The van der Waals surface area contributed by atoms with Crippen LogP contribution < -0.4 is 16.1 Å². The van der Waals surface area contributed by atoms with E-state index in [0.29, 0.717) is 5.42 Å². The maximum atomic E-state index is 6.71. The van der Waals surface area contributed by atoms with Gasteiger partial charge in [-0.05, 0) is 123 Å². The van der Waals surface area contributed by atoms with Crippen LogP contribution in [0.25, 0.3) is 66.4 Å². The number of para-hydroxylation sites is 1. The first kappa shape index (κ1) is 41.0. The van der Waals surface area contributed by atoms with Crippen molar-refractivity contribution in [3.05, 3.63) is 245 Å². The van der Waals surface area contributed by atoms with Crippen molar-refractivity contribution in [2.75, 3.05) is 0 Å². The Morgan fingerprint density at radius 2 is 1.44 bits per heavy atom. The third-order valence-electron chi connectivity index (χ3n) is 13.2. The van der Waals surface area contributed by atoms with Crippen molar-refractivity contribution >= 4 is 44.2 Å². The summed E-state index contributed by atoms with van der Waals surface area (Å²) < 4.78 is 9.29. The fraction of sp³-hybridized carbons (Fsp3) is 0.145. The number of fused-ring (bicyclic) bond motifs is 6. The van der Waals surface area contributed by atoms with Gasteiger partial charge in [-0.15, -0.1) is 0 Å². The van der Waals surface area contributed by atoms with E-state index in [9.17, 15) is 0 Å². The highest BCUT2D eigenvalue weighted by molar-refractivity contribution is 6.14. The lowest BCUT2D eigenvalue weighted by molar-refractivity contribution is 0.535. The van der Waals surface area contributed by atoms with Crippen LogP contribution >= 0.6 is 0 Å². The lowest BCUT2D eigenvalue weighted by Crippen LogP contribution is -2.38. The van der Waals surface area contributed by atoms with Gasteiger partial charge in [0.2, 0.25) is 0 Å². The molecule has 66 heavy (non-hydrogen) atoms. The molecule has 3 aliphatic rings. The first-order valence-corrected chi connectivity index (χ1v) is 23.3. The van der Waals surface area contributed by atoms with Crippen molar-refractivity contribution in [3.8, 4) is 22.3 Å². The molecule has 2 aromatic heterocycles. The van der Waals surface area contributed by atoms with Gasteiger partial charge in [0.05, 0.1) is 22.4 Å². The number of aromatic nitrogens is 1. The highest BCUT2D eigenvalue weighted by Gasteiger charge is 2.29. The molecular formula is C62H53N3O. The van der Waals surface area contributed by atoms with Crippen LogP contribution in [0, 0.1) is 5.92 Å². The van der Waals surface area contributed by atoms with Crippen molar-refractivity contribution in [1.29, 1.82) is 0 Å². The zero-order valence-corrected chi connectivity index (χ0v) is 37.8. The van der Waals surface area contributed by atoms with E-state index >= 15 is 0 Å². The van der Waals surface area contributed by atoms with Gasteiger partial charge in [0, 0.05) is 22.1 Å². The molecule has 0 spiro atoms. The Bertz CT molecular complexity index is 3510. The molecule has 0 saturated carbocycles. The van der Waals surface area contributed by atoms with Crippen LogP contribution in [0.5, 0.6) is 0 Å². The van der Waals surface area contributed by atoms with Crippen LogP contribution in [-0.4, -0.2) is 4.57 Å². The molecule has 3 heterocycles. The minimum absolute atomic E-state index is 0.0536. The van der Waals surface area contributed by atoms with E-state index < -0.39 is 0 Å². The second-order valence-electron chi connectivity index (χ2n) is 18.7. The SMILES string of the molecule is C=C(/C=C(\C(=C\C1=CCCC=C1)n1c2ccc(-c3ccccc3)cc2c2cc(-c3ccccc3)cc(C(C)(C)C)c21)C1C=CC=CC1)C1=c2oc3ccccc3c2=NC(c2ccccc2)N1. The normalized spacial score (nSPS) is 17.5. The maximum absolute atomic E-state index is 6.71. The minimum Gasteiger partial charge on any atom is -0.452 e. The van der Waals surface area contributed by atoms with E-state index in [1.54, 1.807) is 0 Å². The van der Waals surface area contributed by atoms with Crippen LogP contribution in [0.1, 0.15) is 57.3 Å². The van der Waals surface area contributed by atoms with Crippen LogP contribution in [0.4, 0.5) is 0 Å². The fourth-order valence-corrected chi connectivity index (χ4v) is 9.92. The number of allylic oxidation sites excluding steroid dienone is 11. The quantitative estimate of drug-likeness (QED) is 0.147. The summed E-state index contributed by atoms with van der Waals surface area (Å²) in [5.74, 6) is 0.0536. The van der Waals surface area contributed by atoms with Gasteiger partial charge >= 0.3 is 0 Å². The van der Waals surface area contributed by atoms with Gasteiger partial charge in [0.25, 0.3) is 0 Å². The molecule has 0 radical (unpaired) electrons. The van der Waals surface area contributed by atoms with Crippen LogP contribution in [0.2, 0.25) is 0 Å². The standard InChI is InChI=1S/C62H53N3O/c1-41(57-60-58(49-32-20-21-33-56(49)66-60)64-61(63-57)46-30-18-9-19-31-46)36-50(45-28-16-8-17-29-45)55(37-42-22-10-5-11-23-42)65-54-35-34-47(43-24-12-6-13-25-43)38-51(54)52-39-48(44-26-14-7-15-27-44)40-53(59(52)65)62(2,3)4/h6-10,12-28,30-40,45,61,63H,1,5,11,29H2,2-4H3/b50-36-,55-37-. The summed E-state index contributed by atoms with van der Waals surface area (Å²) in [4.78, 5) is 5.28. The first-order valence-electron chi connectivity index (χ1n) is 23.3. The number of hydrogen-bond acceptors (Lipinski definition) is 3. The summed E-state index contributed by atoms with van der Waals surface area (Å²) in [5.41, 5.74) is 16.0. The van der Waals surface area contributed by atoms with E-state index in [-0.39, 0.29) is 17.5 Å². The molecule has 0 fully saturated rings.